The lowest BCUT2D eigenvalue weighted by molar-refractivity contribution is 0.0682. The molecule has 318 valence electrons. The topological polar surface area (TPSA) is 115 Å². The zero-order chi connectivity index (χ0) is 44.9. The molecule has 0 radical (unpaired) electrons. The van der Waals surface area contributed by atoms with Crippen LogP contribution in [-0.2, 0) is 47.7 Å². The normalized spacial score (nSPS) is 12.5. The first kappa shape index (κ1) is 46.0. The molecular formula is C54H66O6. The highest BCUT2D eigenvalue weighted by Gasteiger charge is 2.34. The Balaban J connectivity index is 2.06. The lowest BCUT2D eigenvalue weighted by atomic mass is 9.71. The van der Waals surface area contributed by atoms with Gasteiger partial charge in [0.25, 0.3) is 0 Å². The Kier molecular flexibility index (Phi) is 12.9. The lowest BCUT2D eigenvalue weighted by Gasteiger charge is -2.32. The molecule has 0 aromatic heterocycles. The number of carbonyl (C=O) groups is 2. The molecule has 4 N–H and O–H groups in total. The van der Waals surface area contributed by atoms with Gasteiger partial charge in [-0.3, -0.25) is 0 Å². The van der Waals surface area contributed by atoms with E-state index in [1.165, 1.54) is 12.1 Å². The van der Waals surface area contributed by atoms with Crippen LogP contribution in [0.2, 0.25) is 0 Å². The molecule has 0 aliphatic carbocycles. The summed E-state index contributed by atoms with van der Waals surface area (Å²) in [5, 5.41) is 44.2. The molecule has 0 saturated heterocycles. The van der Waals surface area contributed by atoms with Gasteiger partial charge in [-0.1, -0.05) is 155 Å². The van der Waals surface area contributed by atoms with Crippen molar-refractivity contribution < 1.29 is 30.0 Å². The van der Waals surface area contributed by atoms with E-state index in [4.69, 9.17) is 0 Å². The first-order valence-corrected chi connectivity index (χ1v) is 21.1. The molecule has 6 nitrogen and oxygen atoms in total. The minimum absolute atomic E-state index is 0.00795. The van der Waals surface area contributed by atoms with Gasteiger partial charge in [-0.15, -0.1) is 0 Å². The summed E-state index contributed by atoms with van der Waals surface area (Å²) in [6.07, 6.45) is 0.754. The van der Waals surface area contributed by atoms with E-state index in [0.717, 1.165) is 66.8 Å². The number of hydrogen-bond donors (Lipinski definition) is 4. The van der Waals surface area contributed by atoms with Crippen LogP contribution in [0.3, 0.4) is 0 Å². The number of rotatable bonds is 10. The molecule has 0 aliphatic rings. The summed E-state index contributed by atoms with van der Waals surface area (Å²) in [5.41, 5.74) is 11.7. The van der Waals surface area contributed by atoms with E-state index in [1.54, 1.807) is 0 Å². The van der Waals surface area contributed by atoms with Crippen molar-refractivity contribution in [2.45, 2.75) is 145 Å². The van der Waals surface area contributed by atoms with Crippen molar-refractivity contribution in [3.63, 3.8) is 0 Å². The number of carboxylic acids is 2. The molecule has 5 aromatic carbocycles. The van der Waals surface area contributed by atoms with Crippen LogP contribution >= 0.6 is 0 Å². The number of aromatic carboxylic acids is 2. The smallest absolute Gasteiger partial charge is 0.336 e. The molecule has 5 rings (SSSR count). The Labute approximate surface area is 358 Å². The second-order valence-electron chi connectivity index (χ2n) is 20.8. The quantitative estimate of drug-likeness (QED) is 0.112. The highest BCUT2D eigenvalue weighted by molar-refractivity contribution is 6.10. The van der Waals surface area contributed by atoms with Gasteiger partial charge in [-0.2, -0.15) is 0 Å². The van der Waals surface area contributed by atoms with Crippen LogP contribution in [0, 0.1) is 13.8 Å². The maximum absolute atomic E-state index is 13.7. The van der Waals surface area contributed by atoms with Crippen LogP contribution in [0.15, 0.2) is 72.8 Å². The summed E-state index contributed by atoms with van der Waals surface area (Å²) in [5.74, 6) is -2.32. The van der Waals surface area contributed by atoms with Gasteiger partial charge in [-0.25, -0.2) is 9.59 Å². The summed E-state index contributed by atoms with van der Waals surface area (Å²) in [6, 6.07) is 23.5. The SMILES string of the molecule is Cc1cc(Cc2cccc(C(C)(C)C)c2CO)c(-c2c(C(=O)O)ccc(C(=O)O)c2-c2c(Cc3cccc(C(C)(C)C)c3CO)cc(C)cc2C(C)(C)C)c(C(C)(C)C)c1. The van der Waals surface area contributed by atoms with Gasteiger partial charge in [0.1, 0.15) is 0 Å². The van der Waals surface area contributed by atoms with Crippen LogP contribution in [0.1, 0.15) is 171 Å². The van der Waals surface area contributed by atoms with Crippen molar-refractivity contribution in [1.29, 1.82) is 0 Å². The fourth-order valence-electron chi connectivity index (χ4n) is 9.04. The van der Waals surface area contributed by atoms with E-state index >= 15 is 0 Å². The Morgan fingerprint density at radius 2 is 0.750 bits per heavy atom. The third-order valence-corrected chi connectivity index (χ3v) is 11.8. The average Bonchev–Trinajstić information content (AvgIpc) is 3.12. The van der Waals surface area contributed by atoms with Crippen LogP contribution in [0.5, 0.6) is 0 Å². The van der Waals surface area contributed by atoms with Gasteiger partial charge in [0.2, 0.25) is 0 Å². The highest BCUT2D eigenvalue weighted by Crippen LogP contribution is 2.49. The predicted molar refractivity (Wildman–Crippen MR) is 246 cm³/mol. The minimum Gasteiger partial charge on any atom is -0.478 e. The average molecular weight is 811 g/mol. The van der Waals surface area contributed by atoms with Crippen LogP contribution in [-0.4, -0.2) is 32.4 Å². The largest absolute Gasteiger partial charge is 0.478 e. The number of hydrogen-bond acceptors (Lipinski definition) is 4. The second kappa shape index (κ2) is 16.8. The molecule has 0 fully saturated rings. The molecule has 5 aromatic rings. The third kappa shape index (κ3) is 9.31. The number of aryl methyl sites for hydroxylation is 2. The first-order chi connectivity index (χ1) is 27.7. The van der Waals surface area contributed by atoms with Gasteiger partial charge in [-0.05, 0) is 127 Å². The van der Waals surface area contributed by atoms with Crippen molar-refractivity contribution in [2.75, 3.05) is 0 Å². The van der Waals surface area contributed by atoms with E-state index in [-0.39, 0.29) is 35.2 Å². The van der Waals surface area contributed by atoms with Crippen molar-refractivity contribution in [3.05, 3.63) is 151 Å². The van der Waals surface area contributed by atoms with Crippen molar-refractivity contribution >= 4 is 11.9 Å². The summed E-state index contributed by atoms with van der Waals surface area (Å²) in [4.78, 5) is 27.5. The van der Waals surface area contributed by atoms with Gasteiger partial charge in [0.15, 0.2) is 0 Å². The summed E-state index contributed by atoms with van der Waals surface area (Å²) in [6.45, 7) is 29.1. The van der Waals surface area contributed by atoms with E-state index in [1.807, 2.05) is 38.1 Å². The molecule has 0 unspecified atom stereocenters. The number of carboxylic acid groups (broad SMARTS) is 2. The summed E-state index contributed by atoms with van der Waals surface area (Å²) >= 11 is 0. The van der Waals surface area contributed by atoms with Crippen LogP contribution in [0.25, 0.3) is 22.3 Å². The third-order valence-electron chi connectivity index (χ3n) is 11.8. The van der Waals surface area contributed by atoms with E-state index in [0.29, 0.717) is 35.1 Å². The maximum Gasteiger partial charge on any atom is 0.336 e. The van der Waals surface area contributed by atoms with Crippen molar-refractivity contribution in [1.82, 2.24) is 0 Å². The molecule has 0 spiro atoms. The zero-order valence-electron chi connectivity index (χ0n) is 38.4. The summed E-state index contributed by atoms with van der Waals surface area (Å²) in [7, 11) is 0. The monoisotopic (exact) mass is 810 g/mol. The molecule has 0 heterocycles. The lowest BCUT2D eigenvalue weighted by Crippen LogP contribution is -2.20. The van der Waals surface area contributed by atoms with Crippen LogP contribution < -0.4 is 0 Å². The predicted octanol–water partition coefficient (Wildman–Crippen LogP) is 12.4. The Morgan fingerprint density at radius 3 is 1.02 bits per heavy atom. The Hall–Kier alpha value is -5.04. The van der Waals surface area contributed by atoms with E-state index in [2.05, 4.69) is 119 Å². The zero-order valence-corrected chi connectivity index (χ0v) is 38.4. The molecule has 0 aliphatic heterocycles. The fraction of sp³-hybridized carbons (Fsp3) is 0.407. The van der Waals surface area contributed by atoms with Gasteiger partial charge in [0, 0.05) is 11.1 Å². The van der Waals surface area contributed by atoms with Crippen molar-refractivity contribution in [3.8, 4) is 22.3 Å². The first-order valence-electron chi connectivity index (χ1n) is 21.1. The van der Waals surface area contributed by atoms with E-state index < -0.39 is 22.8 Å². The fourth-order valence-corrected chi connectivity index (χ4v) is 9.04. The molecule has 0 bridgehead atoms. The standard InChI is InChI=1S/C54H66O6/c1-31-23-35(27-33-17-15-19-41(39(33)29-55)51(3,4)5)45(43(25-31)53(9,10)11)47-37(49(57)58)21-22-38(50(59)60)48(47)46-36(24-32(2)26-44(46)54(12,13)14)28-34-18-16-20-42(40(34)30-56)52(6,7)8/h15-26,55-56H,27-30H2,1-14H3,(H,57,58)(H,59,60). The number of benzene rings is 5. The van der Waals surface area contributed by atoms with Crippen LogP contribution in [0.4, 0.5) is 0 Å². The molecule has 0 atom stereocenters. The molecule has 6 heteroatoms. The van der Waals surface area contributed by atoms with Gasteiger partial charge < -0.3 is 20.4 Å². The van der Waals surface area contributed by atoms with E-state index in [9.17, 15) is 30.0 Å². The summed E-state index contributed by atoms with van der Waals surface area (Å²) < 4.78 is 0. The van der Waals surface area contributed by atoms with Gasteiger partial charge in [0.05, 0.1) is 24.3 Å². The minimum atomic E-state index is -1.16. The highest BCUT2D eigenvalue weighted by atomic mass is 16.4. The Bertz CT molecular complexity index is 2280. The van der Waals surface area contributed by atoms with Gasteiger partial charge >= 0.3 is 11.9 Å². The molecule has 60 heavy (non-hydrogen) atoms. The Morgan fingerprint density at radius 1 is 0.433 bits per heavy atom. The molecule has 0 saturated carbocycles. The molecule has 0 amide bonds. The number of aliphatic hydroxyl groups excluding tert-OH is 2. The molecular weight excluding hydrogens is 745 g/mol. The number of aliphatic hydroxyl groups is 2. The second-order valence-corrected chi connectivity index (χ2v) is 20.8. The van der Waals surface area contributed by atoms with Crippen molar-refractivity contribution in [2.24, 2.45) is 0 Å². The maximum atomic E-state index is 13.7.